The molecule has 0 aliphatic rings. The maximum Gasteiger partial charge on any atom is 0.405 e. The second-order valence-electron chi connectivity index (χ2n) is 3.79. The van der Waals surface area contributed by atoms with Gasteiger partial charge in [-0.05, 0) is 40.7 Å². The number of anilines is 1. The van der Waals surface area contributed by atoms with Crippen LogP contribution >= 0.6 is 15.9 Å². The van der Waals surface area contributed by atoms with Crippen LogP contribution in [0.2, 0.25) is 0 Å². The Morgan fingerprint density at radius 2 is 2.00 bits per heavy atom. The molecule has 0 fully saturated rings. The molecule has 0 atom stereocenters. The van der Waals surface area contributed by atoms with Crippen molar-refractivity contribution in [3.05, 3.63) is 28.2 Å². The molecule has 1 aromatic rings. The summed E-state index contributed by atoms with van der Waals surface area (Å²) in [5.41, 5.74) is 1.55. The minimum absolute atomic E-state index is 0.530. The summed E-state index contributed by atoms with van der Waals surface area (Å²) >= 11 is 3.29. The van der Waals surface area contributed by atoms with E-state index in [-0.39, 0.29) is 0 Å². The summed E-state index contributed by atoms with van der Waals surface area (Å²) in [5.74, 6) is 0. The van der Waals surface area contributed by atoms with Crippen molar-refractivity contribution >= 4 is 21.6 Å². The Hall–Kier alpha value is -0.750. The average molecular weight is 311 g/mol. The SMILES string of the molecule is CNCc1ccc(N(C)CC(F)(F)F)c(Br)c1. The molecule has 2 nitrogen and oxygen atoms in total. The van der Waals surface area contributed by atoms with E-state index in [1.807, 2.05) is 19.2 Å². The second-order valence-corrected chi connectivity index (χ2v) is 4.64. The monoisotopic (exact) mass is 310 g/mol. The summed E-state index contributed by atoms with van der Waals surface area (Å²) in [6, 6.07) is 5.31. The van der Waals surface area contributed by atoms with Gasteiger partial charge in [-0.2, -0.15) is 13.2 Å². The van der Waals surface area contributed by atoms with Gasteiger partial charge in [0.05, 0.1) is 5.69 Å². The van der Waals surface area contributed by atoms with E-state index in [2.05, 4.69) is 21.2 Å². The number of hydrogen-bond acceptors (Lipinski definition) is 2. The van der Waals surface area contributed by atoms with Gasteiger partial charge >= 0.3 is 6.18 Å². The molecule has 0 saturated heterocycles. The first-order valence-electron chi connectivity index (χ1n) is 5.04. The number of halogens is 4. The zero-order valence-electron chi connectivity index (χ0n) is 9.61. The van der Waals surface area contributed by atoms with Crippen LogP contribution < -0.4 is 10.2 Å². The molecule has 1 rings (SSSR count). The quantitative estimate of drug-likeness (QED) is 0.919. The highest BCUT2D eigenvalue weighted by Crippen LogP contribution is 2.28. The van der Waals surface area contributed by atoms with Gasteiger partial charge in [-0.1, -0.05) is 6.07 Å². The maximum atomic E-state index is 12.3. The summed E-state index contributed by atoms with van der Waals surface area (Å²) in [4.78, 5) is 1.17. The molecule has 1 N–H and O–H groups in total. The van der Waals surface area contributed by atoms with Gasteiger partial charge in [0.2, 0.25) is 0 Å². The fourth-order valence-electron chi connectivity index (χ4n) is 1.53. The number of nitrogens with one attached hydrogen (secondary N) is 1. The standard InChI is InChI=1S/C11H14BrF3N2/c1-16-6-8-3-4-10(9(12)5-8)17(2)7-11(13,14)15/h3-5,16H,6-7H2,1-2H3. The maximum absolute atomic E-state index is 12.3. The molecule has 0 heterocycles. The second kappa shape index (κ2) is 5.73. The first kappa shape index (κ1) is 14.3. The van der Waals surface area contributed by atoms with E-state index in [1.165, 1.54) is 11.9 Å². The summed E-state index contributed by atoms with van der Waals surface area (Å²) in [7, 11) is 3.24. The predicted octanol–water partition coefficient (Wildman–Crippen LogP) is 3.17. The van der Waals surface area contributed by atoms with Crippen molar-refractivity contribution in [1.29, 1.82) is 0 Å². The van der Waals surface area contributed by atoms with Crippen LogP contribution in [0.3, 0.4) is 0 Å². The third-order valence-electron chi connectivity index (χ3n) is 2.22. The first-order valence-corrected chi connectivity index (χ1v) is 5.83. The van der Waals surface area contributed by atoms with Crippen LogP contribution in [0.1, 0.15) is 5.56 Å². The molecule has 0 aliphatic carbocycles. The number of alkyl halides is 3. The van der Waals surface area contributed by atoms with Crippen LogP contribution in [0.25, 0.3) is 0 Å². The van der Waals surface area contributed by atoms with E-state index < -0.39 is 12.7 Å². The Kier molecular flexibility index (Phi) is 4.82. The van der Waals surface area contributed by atoms with Crippen molar-refractivity contribution in [3.8, 4) is 0 Å². The molecule has 0 aromatic heterocycles. The molecule has 0 radical (unpaired) electrons. The van der Waals surface area contributed by atoms with Crippen molar-refractivity contribution in [3.63, 3.8) is 0 Å². The highest BCUT2D eigenvalue weighted by molar-refractivity contribution is 9.10. The number of hydrogen-bond donors (Lipinski definition) is 1. The number of nitrogens with zero attached hydrogens (tertiary/aromatic N) is 1. The van der Waals surface area contributed by atoms with Crippen LogP contribution in [0.5, 0.6) is 0 Å². The lowest BCUT2D eigenvalue weighted by molar-refractivity contribution is -0.119. The van der Waals surface area contributed by atoms with E-state index >= 15 is 0 Å². The van der Waals surface area contributed by atoms with Gasteiger partial charge in [0.15, 0.2) is 0 Å². The van der Waals surface area contributed by atoms with E-state index in [1.54, 1.807) is 6.07 Å². The molecular formula is C11H14BrF3N2. The Morgan fingerprint density at radius 3 is 2.47 bits per heavy atom. The van der Waals surface area contributed by atoms with Crippen molar-refractivity contribution in [2.75, 3.05) is 25.5 Å². The minimum Gasteiger partial charge on any atom is -0.365 e. The van der Waals surface area contributed by atoms with Crippen molar-refractivity contribution in [2.24, 2.45) is 0 Å². The number of benzene rings is 1. The molecule has 6 heteroatoms. The molecular weight excluding hydrogens is 297 g/mol. The zero-order chi connectivity index (χ0) is 13.1. The van der Waals surface area contributed by atoms with Gasteiger partial charge in [0, 0.05) is 18.1 Å². The molecule has 96 valence electrons. The van der Waals surface area contributed by atoms with Gasteiger partial charge in [-0.25, -0.2) is 0 Å². The summed E-state index contributed by atoms with van der Waals surface area (Å²) < 4.78 is 37.4. The fourth-order valence-corrected chi connectivity index (χ4v) is 2.26. The third kappa shape index (κ3) is 4.55. The molecule has 0 spiro atoms. The van der Waals surface area contributed by atoms with Gasteiger partial charge in [0.25, 0.3) is 0 Å². The lowest BCUT2D eigenvalue weighted by Gasteiger charge is -2.22. The van der Waals surface area contributed by atoms with Crippen molar-refractivity contribution in [2.45, 2.75) is 12.7 Å². The largest absolute Gasteiger partial charge is 0.405 e. The van der Waals surface area contributed by atoms with Gasteiger partial charge in [0.1, 0.15) is 6.54 Å². The fraction of sp³-hybridized carbons (Fsp3) is 0.455. The Labute approximate surface area is 107 Å². The van der Waals surface area contributed by atoms with Gasteiger partial charge in [-0.3, -0.25) is 0 Å². The lowest BCUT2D eigenvalue weighted by Crippen LogP contribution is -2.31. The van der Waals surface area contributed by atoms with E-state index in [9.17, 15) is 13.2 Å². The third-order valence-corrected chi connectivity index (χ3v) is 2.86. The first-order chi connectivity index (χ1) is 7.83. The normalized spacial score (nSPS) is 11.6. The van der Waals surface area contributed by atoms with Crippen LogP contribution in [0.4, 0.5) is 18.9 Å². The summed E-state index contributed by atoms with van der Waals surface area (Å²) in [5, 5.41) is 2.98. The smallest absolute Gasteiger partial charge is 0.365 e. The van der Waals surface area contributed by atoms with Gasteiger partial charge in [-0.15, -0.1) is 0 Å². The summed E-state index contributed by atoms with van der Waals surface area (Å²) in [6.07, 6.45) is -4.20. The Balaban J connectivity index is 2.84. The van der Waals surface area contributed by atoms with E-state index in [0.29, 0.717) is 16.7 Å². The predicted molar refractivity (Wildman–Crippen MR) is 66.2 cm³/mol. The van der Waals surface area contributed by atoms with Crippen molar-refractivity contribution in [1.82, 2.24) is 5.32 Å². The van der Waals surface area contributed by atoms with Crippen LogP contribution in [0, 0.1) is 0 Å². The Bertz CT molecular complexity index is 379. The molecule has 0 bridgehead atoms. The highest BCUT2D eigenvalue weighted by atomic mass is 79.9. The number of rotatable bonds is 4. The van der Waals surface area contributed by atoms with E-state index in [0.717, 1.165) is 5.56 Å². The van der Waals surface area contributed by atoms with E-state index in [4.69, 9.17) is 0 Å². The zero-order valence-corrected chi connectivity index (χ0v) is 11.2. The highest BCUT2D eigenvalue weighted by Gasteiger charge is 2.29. The van der Waals surface area contributed by atoms with Gasteiger partial charge < -0.3 is 10.2 Å². The van der Waals surface area contributed by atoms with Crippen LogP contribution in [-0.2, 0) is 6.54 Å². The molecule has 0 unspecified atom stereocenters. The molecule has 0 aliphatic heterocycles. The van der Waals surface area contributed by atoms with Crippen LogP contribution in [0.15, 0.2) is 22.7 Å². The topological polar surface area (TPSA) is 15.3 Å². The lowest BCUT2D eigenvalue weighted by atomic mass is 10.2. The molecule has 0 saturated carbocycles. The Morgan fingerprint density at radius 1 is 1.35 bits per heavy atom. The van der Waals surface area contributed by atoms with Crippen LogP contribution in [-0.4, -0.2) is 26.8 Å². The molecule has 0 amide bonds. The average Bonchev–Trinajstić information content (AvgIpc) is 2.15. The molecule has 1 aromatic carbocycles. The van der Waals surface area contributed by atoms with Crippen molar-refractivity contribution < 1.29 is 13.2 Å². The summed E-state index contributed by atoms with van der Waals surface area (Å²) in [6.45, 7) is -0.279. The minimum atomic E-state index is -4.20. The molecule has 17 heavy (non-hydrogen) atoms.